The Labute approximate surface area is 856 Å². The van der Waals surface area contributed by atoms with E-state index >= 15 is 0 Å². The number of nitrogens with zero attached hydrogens (tertiary/aromatic N) is 8. The van der Waals surface area contributed by atoms with Crippen molar-refractivity contribution in [2.24, 2.45) is 32.5 Å². The van der Waals surface area contributed by atoms with Gasteiger partial charge in [0.2, 0.25) is 59.1 Å². The van der Waals surface area contributed by atoms with Gasteiger partial charge in [0.05, 0.1) is 113 Å². The first kappa shape index (κ1) is 115. The van der Waals surface area contributed by atoms with E-state index in [1.165, 1.54) is 9.80 Å². The van der Waals surface area contributed by atoms with Crippen molar-refractivity contribution in [1.29, 1.82) is 0 Å². The molecule has 14 atom stereocenters. The molecule has 0 aliphatic carbocycles. The van der Waals surface area contributed by atoms with Crippen molar-refractivity contribution in [1.82, 2.24) is 82.1 Å². The van der Waals surface area contributed by atoms with E-state index in [1.54, 1.807) is 96.7 Å². The van der Waals surface area contributed by atoms with Crippen LogP contribution in [0.3, 0.4) is 0 Å². The Kier molecular flexibility index (Phi) is 38.5. The Morgan fingerprint density at radius 1 is 0.324 bits per heavy atom. The van der Waals surface area contributed by atoms with Gasteiger partial charge < -0.3 is 82.6 Å². The summed E-state index contributed by atoms with van der Waals surface area (Å²) in [5, 5.41) is 66.0. The average molecular weight is 2030 g/mol. The van der Waals surface area contributed by atoms with Crippen LogP contribution in [0.1, 0.15) is 263 Å². The molecule has 10 amide bonds. The second-order valence-corrected chi connectivity index (χ2v) is 50.0. The third-order valence-corrected chi connectivity index (χ3v) is 29.3. The Hall–Kier alpha value is -10.1. The van der Waals surface area contributed by atoms with Gasteiger partial charge >= 0.3 is 0 Å². The summed E-state index contributed by atoms with van der Waals surface area (Å²) in [6, 6.07) is 25.9. The van der Waals surface area contributed by atoms with Crippen molar-refractivity contribution in [3.8, 4) is 41.8 Å². The number of nitrogens with one attached hydrogen (secondary N) is 8. The van der Waals surface area contributed by atoms with Crippen LogP contribution in [0, 0.1) is 60.2 Å². The molecular formula is C108H156N16O14S4. The summed E-state index contributed by atoms with van der Waals surface area (Å²) in [6.07, 6.45) is -2.25. The summed E-state index contributed by atoms with van der Waals surface area (Å²) < 4.78 is 0. The van der Waals surface area contributed by atoms with Gasteiger partial charge in [0.1, 0.15) is 36.3 Å². The maximum atomic E-state index is 13.7. The number of rotatable bonds is 24. The maximum absolute atomic E-state index is 13.7. The molecule has 8 aromatic rings. The first-order chi connectivity index (χ1) is 65.7. The van der Waals surface area contributed by atoms with E-state index in [0.29, 0.717) is 13.1 Å². The Balaban J connectivity index is 0.000000211. The highest BCUT2D eigenvalue weighted by Crippen LogP contribution is 2.38. The van der Waals surface area contributed by atoms with Crippen LogP contribution in [-0.2, 0) is 61.0 Å². The number of aryl methyl sites for hydroxylation is 4. The Morgan fingerprint density at radius 2 is 0.542 bits per heavy atom. The van der Waals surface area contributed by atoms with Crippen molar-refractivity contribution >= 4 is 104 Å². The number of aliphatic hydroxyl groups excluding tert-OH is 4. The number of carbonyl (C=O) groups is 10. The molecule has 12 N–H and O–H groups in total. The molecule has 8 heterocycles. The molecule has 0 saturated carbocycles. The van der Waals surface area contributed by atoms with Crippen LogP contribution in [0.5, 0.6) is 0 Å². The van der Waals surface area contributed by atoms with Crippen molar-refractivity contribution in [2.75, 3.05) is 26.2 Å². The fourth-order valence-corrected chi connectivity index (χ4v) is 20.4. The molecule has 4 saturated heterocycles. The predicted molar refractivity (Wildman–Crippen MR) is 564 cm³/mol. The molecule has 4 aliphatic rings. The van der Waals surface area contributed by atoms with E-state index in [-0.39, 0.29) is 145 Å². The number of carbonyl (C=O) groups excluding carboxylic acids is 10. The van der Waals surface area contributed by atoms with Gasteiger partial charge in [0.15, 0.2) is 0 Å². The van der Waals surface area contributed by atoms with E-state index in [1.807, 2.05) is 285 Å². The molecule has 4 aromatic heterocycles. The number of likely N-dealkylation sites (tertiary alicyclic amines) is 4. The normalized spacial score (nSPS) is 19.8. The lowest BCUT2D eigenvalue weighted by Crippen LogP contribution is -2.60. The maximum Gasteiger partial charge on any atom is 0.246 e. The van der Waals surface area contributed by atoms with Gasteiger partial charge in [-0.3, -0.25) is 47.9 Å². The van der Waals surface area contributed by atoms with Gasteiger partial charge in [0, 0.05) is 86.9 Å². The van der Waals surface area contributed by atoms with Gasteiger partial charge in [-0.05, 0) is 149 Å². The molecule has 4 fully saturated rings. The average Bonchev–Trinajstić information content (AvgIpc) is 1.69. The predicted octanol–water partition coefficient (Wildman–Crippen LogP) is 14.7. The molecule has 4 aliphatic heterocycles. The first-order valence-electron chi connectivity index (χ1n) is 49.0. The molecule has 4 aromatic carbocycles. The minimum Gasteiger partial charge on any atom is -0.391 e. The lowest BCUT2D eigenvalue weighted by molar-refractivity contribution is -0.145. The lowest BCUT2D eigenvalue weighted by Gasteiger charge is -2.39. The van der Waals surface area contributed by atoms with E-state index in [4.69, 9.17) is 0 Å². The highest BCUT2D eigenvalue weighted by Gasteiger charge is 2.51. The van der Waals surface area contributed by atoms with Gasteiger partial charge in [-0.1, -0.05) is 222 Å². The van der Waals surface area contributed by atoms with Crippen LogP contribution in [0.15, 0.2) is 119 Å². The smallest absolute Gasteiger partial charge is 0.246 e. The molecule has 142 heavy (non-hydrogen) atoms. The third-order valence-electron chi connectivity index (χ3n) is 25.4. The third kappa shape index (κ3) is 31.4. The fraction of sp³-hybridized carbons (Fsp3) is 0.574. The van der Waals surface area contributed by atoms with Crippen molar-refractivity contribution in [3.63, 3.8) is 0 Å². The van der Waals surface area contributed by atoms with Crippen LogP contribution in [0.2, 0.25) is 0 Å². The highest BCUT2D eigenvalue weighted by atomic mass is 32.1. The molecule has 30 nitrogen and oxygen atoms in total. The van der Waals surface area contributed by atoms with Crippen LogP contribution < -0.4 is 42.5 Å². The van der Waals surface area contributed by atoms with Gasteiger partial charge in [-0.2, -0.15) is 0 Å². The number of thiazole rings is 4. The summed E-state index contributed by atoms with van der Waals surface area (Å²) in [6.45, 7) is 59.0. The summed E-state index contributed by atoms with van der Waals surface area (Å²) in [5.41, 5.74) is 15.7. The molecule has 34 heteroatoms. The monoisotopic (exact) mass is 2030 g/mol. The number of aliphatic hydroxyl groups is 4. The SMILES string of the molecule is Cc1ncsc1-c1ccc(CNC(=O)[C@@H]2C[C@@H](O)CN2C(=O)[C@@H](NC(=O)C(C)(C)C)C(C)(C)C)cc1.Cc1ncsc1-c1ccc(CNC(=O)[C@@H]2C[C@@H](O)CN2C(=O)[C@@H](NC(C)(C)C)C(C)(C)C)cc1.Cc1ncsc1-c1ccc([C@H](C)NC(=O)[C@@H]2C[C@@H](O)CN2C(=O)[C@@H](NC(=O)C(C)(C)C)C(C)(C)C)cc1.Cc1ncsc1-c1ccc([C@H](C)NC(=O)[C@@H]2C[C@@H](O)CN2C(=O)[C@@H](NC(C)(C)C)C(C)(C)C)cc1. The van der Waals surface area contributed by atoms with Crippen LogP contribution >= 0.6 is 45.3 Å². The van der Waals surface area contributed by atoms with Crippen LogP contribution in [0.25, 0.3) is 41.8 Å². The van der Waals surface area contributed by atoms with Gasteiger partial charge in [-0.25, -0.2) is 19.9 Å². The summed E-state index contributed by atoms with van der Waals surface area (Å²) >= 11 is 6.39. The second kappa shape index (κ2) is 47.4. The molecule has 0 spiro atoms. The molecule has 12 rings (SSSR count). The Morgan fingerprint density at radius 3 is 0.746 bits per heavy atom. The number of amides is 10. The summed E-state index contributed by atoms with van der Waals surface area (Å²) in [5.74, 6) is -2.64. The summed E-state index contributed by atoms with van der Waals surface area (Å²) in [4.78, 5) is 160. The van der Waals surface area contributed by atoms with Gasteiger partial charge in [-0.15, -0.1) is 45.3 Å². The minimum absolute atomic E-state index is 0.0478. The number of hydrogen-bond acceptors (Lipinski definition) is 24. The molecule has 776 valence electrons. The zero-order valence-electron chi connectivity index (χ0n) is 88.8. The van der Waals surface area contributed by atoms with E-state index in [9.17, 15) is 68.4 Å². The quantitative estimate of drug-likeness (QED) is 0.0267. The standard InChI is InChI=1S/C28H40N4O4S.C27H38N4O4S.C27H40N4O3S.C26H38N4O3S/c1-16(18-9-11-19(12-10-18)22-17(2)29-15-37-22)30-24(34)21-13-20(33)14-32(21)25(35)23(27(3,4)5)31-26(36)28(6,7)8;1-16-21(36-15-29-16)18-10-8-17(9-11-18)13-28-23(33)20-12-19(32)14-31(20)24(34)22(26(2,3)4)30-25(35)27(5,6)7;1-16(18-9-11-19(12-10-18)22-17(2)28-15-35-22)29-24(33)21-13-20(32)14-31(21)25(34)23(26(3,4)5)30-27(6,7)8;1-16-21(34-15-28-16)18-10-8-17(9-11-18)13-27-23(32)20-12-19(31)14-30(20)24(33)22(25(2,3)4)29-26(5,6)7/h9-12,15-16,20-21,23,33H,13-14H2,1-8H3,(H,30,34)(H,31,36);8-11,15,19-20,22,32H,12-14H2,1-7H3,(H,28,33)(H,30,35);9-12,15-16,20-21,23,30,32H,13-14H2,1-8H3,(H,29,33);8-11,15,19-20,22,29,31H,12-14H2,1-7H3,(H,27,32)/t16-,20+,21-,23+;19-,20+,22-;16-,20+,21-,23+;19-,20+,22-/m0101/s1. The van der Waals surface area contributed by atoms with Crippen LogP contribution in [0.4, 0.5) is 0 Å². The highest BCUT2D eigenvalue weighted by molar-refractivity contribution is 7.14. The number of benzene rings is 4. The van der Waals surface area contributed by atoms with Gasteiger partial charge in [0.25, 0.3) is 0 Å². The zero-order chi connectivity index (χ0) is 106. The number of aromatic nitrogens is 4. The molecule has 0 unspecified atom stereocenters. The Bertz CT molecular complexity index is 5640. The largest absolute Gasteiger partial charge is 0.391 e. The first-order valence-corrected chi connectivity index (χ1v) is 52.5. The topological polar surface area (TPSA) is 412 Å². The molecule has 0 radical (unpaired) electrons. The van der Waals surface area contributed by atoms with Crippen molar-refractivity contribution in [2.45, 2.75) is 342 Å². The molecular weight excluding hydrogens is 1870 g/mol. The zero-order valence-corrected chi connectivity index (χ0v) is 92.0. The van der Waals surface area contributed by atoms with E-state index in [0.717, 1.165) is 86.8 Å². The minimum atomic E-state index is -0.833. The number of β-amino-alcohol motifs (C(OH)–C–C–N with tert-alkyl or cyclic N) is 4. The summed E-state index contributed by atoms with van der Waals surface area (Å²) in [7, 11) is 0. The van der Waals surface area contributed by atoms with Crippen LogP contribution in [-0.4, -0.2) is 229 Å². The van der Waals surface area contributed by atoms with Crippen molar-refractivity contribution in [3.05, 3.63) is 164 Å². The number of hydrogen-bond donors (Lipinski definition) is 12. The second-order valence-electron chi connectivity index (χ2n) is 46.6. The van der Waals surface area contributed by atoms with E-state index < -0.39 is 94.4 Å². The van der Waals surface area contributed by atoms with Crippen molar-refractivity contribution < 1.29 is 68.4 Å². The van der Waals surface area contributed by atoms with E-state index in [2.05, 4.69) is 62.5 Å². The lowest BCUT2D eigenvalue weighted by atomic mass is 9.84. The fourth-order valence-electron chi connectivity index (χ4n) is 17.2. The molecule has 0 bridgehead atoms.